The average Bonchev–Trinajstić information content (AvgIpc) is 2.72. The fraction of sp³-hybridized carbons (Fsp3) is 0.167. The summed E-state index contributed by atoms with van der Waals surface area (Å²) in [6, 6.07) is 11.4. The molecule has 0 amide bonds. The maximum Gasteiger partial charge on any atom is 0.315 e. The molecule has 0 bridgehead atoms. The minimum Gasteiger partial charge on any atom is -0.493 e. The van der Waals surface area contributed by atoms with Gasteiger partial charge in [-0.05, 0) is 29.8 Å². The van der Waals surface area contributed by atoms with E-state index in [1.54, 1.807) is 32.4 Å². The van der Waals surface area contributed by atoms with Gasteiger partial charge in [0.25, 0.3) is 0 Å². The van der Waals surface area contributed by atoms with Crippen LogP contribution < -0.4 is 26.2 Å². The summed E-state index contributed by atoms with van der Waals surface area (Å²) in [5, 5.41) is 10.6. The summed E-state index contributed by atoms with van der Waals surface area (Å²) >= 11 is 1.23. The van der Waals surface area contributed by atoms with Crippen LogP contribution in [0.4, 0.5) is 15.9 Å². The van der Waals surface area contributed by atoms with Gasteiger partial charge in [0.15, 0.2) is 11.5 Å². The molecule has 3 rings (SSSR count). The van der Waals surface area contributed by atoms with E-state index in [1.165, 1.54) is 23.9 Å². The number of benzene rings is 2. The molecular weight excluding hydrogens is 385 g/mol. The van der Waals surface area contributed by atoms with Gasteiger partial charge in [0.1, 0.15) is 5.82 Å². The van der Waals surface area contributed by atoms with Gasteiger partial charge < -0.3 is 20.6 Å². The zero-order valence-electron chi connectivity index (χ0n) is 15.2. The monoisotopic (exact) mass is 403 g/mol. The van der Waals surface area contributed by atoms with Crippen LogP contribution in [0, 0.1) is 5.82 Å². The van der Waals surface area contributed by atoms with Crippen LogP contribution in [0.1, 0.15) is 5.56 Å². The molecule has 0 aliphatic rings. The molecule has 0 unspecified atom stereocenters. The molecule has 28 heavy (non-hydrogen) atoms. The SMILES string of the molecule is COc1ccc(CSc2nnc(Nc3ccccc3F)c(=O)n2N)cc1OC. The van der Waals surface area contributed by atoms with Crippen LogP contribution in [-0.2, 0) is 5.75 Å². The molecule has 0 aliphatic carbocycles. The summed E-state index contributed by atoms with van der Waals surface area (Å²) in [5.41, 5.74) is 0.415. The molecule has 1 heterocycles. The highest BCUT2D eigenvalue weighted by molar-refractivity contribution is 7.98. The van der Waals surface area contributed by atoms with Crippen molar-refractivity contribution in [3.8, 4) is 11.5 Å². The average molecular weight is 403 g/mol. The number of nitrogen functional groups attached to an aromatic ring is 1. The highest BCUT2D eigenvalue weighted by atomic mass is 32.2. The van der Waals surface area contributed by atoms with E-state index in [1.807, 2.05) is 12.1 Å². The summed E-state index contributed by atoms with van der Waals surface area (Å²) in [7, 11) is 3.12. The Morgan fingerprint density at radius 2 is 1.89 bits per heavy atom. The first kappa shape index (κ1) is 19.5. The number of hydrogen-bond donors (Lipinski definition) is 2. The molecule has 0 saturated heterocycles. The maximum atomic E-state index is 13.7. The van der Waals surface area contributed by atoms with Crippen LogP contribution in [0.15, 0.2) is 52.4 Å². The van der Waals surface area contributed by atoms with Gasteiger partial charge in [-0.2, -0.15) is 4.68 Å². The van der Waals surface area contributed by atoms with E-state index in [-0.39, 0.29) is 16.7 Å². The molecule has 0 saturated carbocycles. The van der Waals surface area contributed by atoms with E-state index in [9.17, 15) is 9.18 Å². The largest absolute Gasteiger partial charge is 0.493 e. The number of nitrogens with zero attached hydrogens (tertiary/aromatic N) is 3. The molecule has 0 aliphatic heterocycles. The number of nitrogens with two attached hydrogens (primary N) is 1. The van der Waals surface area contributed by atoms with Crippen molar-refractivity contribution in [3.05, 3.63) is 64.2 Å². The second-order valence-electron chi connectivity index (χ2n) is 5.59. The number of hydrogen-bond acceptors (Lipinski definition) is 8. The summed E-state index contributed by atoms with van der Waals surface area (Å²) in [6.45, 7) is 0. The lowest BCUT2D eigenvalue weighted by Crippen LogP contribution is -2.32. The summed E-state index contributed by atoms with van der Waals surface area (Å²) in [4.78, 5) is 12.4. The Morgan fingerprint density at radius 3 is 2.61 bits per heavy atom. The molecule has 8 nitrogen and oxygen atoms in total. The molecular formula is C18H18FN5O3S. The first-order valence-corrected chi connectivity index (χ1v) is 9.12. The predicted molar refractivity (Wildman–Crippen MR) is 105 cm³/mol. The Bertz CT molecular complexity index is 1040. The third-order valence-corrected chi connectivity index (χ3v) is 4.82. The van der Waals surface area contributed by atoms with Crippen molar-refractivity contribution in [2.45, 2.75) is 10.9 Å². The van der Waals surface area contributed by atoms with Gasteiger partial charge in [-0.1, -0.05) is 30.0 Å². The lowest BCUT2D eigenvalue weighted by Gasteiger charge is -2.11. The third kappa shape index (κ3) is 4.17. The van der Waals surface area contributed by atoms with E-state index in [2.05, 4.69) is 15.5 Å². The van der Waals surface area contributed by atoms with Crippen LogP contribution in [-0.4, -0.2) is 29.1 Å². The van der Waals surface area contributed by atoms with Crippen LogP contribution in [0.5, 0.6) is 11.5 Å². The molecule has 0 spiro atoms. The fourth-order valence-corrected chi connectivity index (χ4v) is 3.17. The molecule has 0 radical (unpaired) electrons. The molecule has 10 heteroatoms. The van der Waals surface area contributed by atoms with Crippen LogP contribution in [0.25, 0.3) is 0 Å². The van der Waals surface area contributed by atoms with E-state index in [4.69, 9.17) is 15.3 Å². The lowest BCUT2D eigenvalue weighted by molar-refractivity contribution is 0.354. The van der Waals surface area contributed by atoms with Crippen molar-refractivity contribution in [3.63, 3.8) is 0 Å². The number of aromatic nitrogens is 3. The zero-order chi connectivity index (χ0) is 20.1. The first-order chi connectivity index (χ1) is 13.5. The van der Waals surface area contributed by atoms with Crippen molar-refractivity contribution in [2.24, 2.45) is 0 Å². The molecule has 2 aromatic carbocycles. The smallest absolute Gasteiger partial charge is 0.315 e. The predicted octanol–water partition coefficient (Wildman–Crippen LogP) is 2.54. The van der Waals surface area contributed by atoms with Gasteiger partial charge >= 0.3 is 5.56 Å². The summed E-state index contributed by atoms with van der Waals surface area (Å²) < 4.78 is 25.1. The van der Waals surface area contributed by atoms with E-state index >= 15 is 0 Å². The number of para-hydroxylation sites is 1. The van der Waals surface area contributed by atoms with Crippen molar-refractivity contribution in [1.82, 2.24) is 14.9 Å². The quantitative estimate of drug-likeness (QED) is 0.458. The van der Waals surface area contributed by atoms with Gasteiger partial charge in [0.2, 0.25) is 11.0 Å². The Morgan fingerprint density at radius 1 is 1.14 bits per heavy atom. The minimum absolute atomic E-state index is 0.111. The number of ether oxygens (including phenoxy) is 2. The molecule has 3 aromatic rings. The third-order valence-electron chi connectivity index (χ3n) is 3.81. The summed E-state index contributed by atoms with van der Waals surface area (Å²) in [5.74, 6) is 6.86. The van der Waals surface area contributed by atoms with Crippen molar-refractivity contribution >= 4 is 23.3 Å². The molecule has 3 N–H and O–H groups in total. The highest BCUT2D eigenvalue weighted by Gasteiger charge is 2.13. The number of thioether (sulfide) groups is 1. The van der Waals surface area contributed by atoms with Crippen molar-refractivity contribution in [2.75, 3.05) is 25.4 Å². The Balaban J connectivity index is 1.76. The van der Waals surface area contributed by atoms with Gasteiger partial charge in [-0.25, -0.2) is 4.39 Å². The fourth-order valence-electron chi connectivity index (χ4n) is 2.37. The zero-order valence-corrected chi connectivity index (χ0v) is 16.0. The Hall–Kier alpha value is -3.27. The van der Waals surface area contributed by atoms with Gasteiger partial charge in [0, 0.05) is 5.75 Å². The molecule has 0 fully saturated rings. The molecule has 146 valence electrons. The number of rotatable bonds is 7. The van der Waals surface area contributed by atoms with Gasteiger partial charge in [-0.3, -0.25) is 4.79 Å². The standard InChI is InChI=1S/C18H18FN5O3S/c1-26-14-8-7-11(9-15(14)27-2)10-28-18-23-22-16(17(25)24(18)20)21-13-6-4-3-5-12(13)19/h3-9H,10,20H2,1-2H3,(H,21,22). The summed E-state index contributed by atoms with van der Waals surface area (Å²) in [6.07, 6.45) is 0. The topological polar surface area (TPSA) is 104 Å². The van der Waals surface area contributed by atoms with E-state index < -0.39 is 11.4 Å². The number of anilines is 2. The maximum absolute atomic E-state index is 13.7. The second-order valence-corrected chi connectivity index (χ2v) is 6.53. The van der Waals surface area contributed by atoms with Crippen LogP contribution >= 0.6 is 11.8 Å². The minimum atomic E-state index is -0.618. The Labute approximate surface area is 164 Å². The first-order valence-electron chi connectivity index (χ1n) is 8.13. The van der Waals surface area contributed by atoms with E-state index in [0.717, 1.165) is 10.2 Å². The van der Waals surface area contributed by atoms with Crippen molar-refractivity contribution in [1.29, 1.82) is 0 Å². The van der Waals surface area contributed by atoms with Crippen LogP contribution in [0.3, 0.4) is 0 Å². The lowest BCUT2D eigenvalue weighted by atomic mass is 10.2. The Kier molecular flexibility index (Phi) is 5.99. The van der Waals surface area contributed by atoms with Gasteiger partial charge in [-0.15, -0.1) is 10.2 Å². The number of methoxy groups -OCH3 is 2. The van der Waals surface area contributed by atoms with Crippen LogP contribution in [0.2, 0.25) is 0 Å². The number of halogens is 1. The molecule has 0 atom stereocenters. The van der Waals surface area contributed by atoms with Gasteiger partial charge in [0.05, 0.1) is 19.9 Å². The normalized spacial score (nSPS) is 10.5. The van der Waals surface area contributed by atoms with Crippen molar-refractivity contribution < 1.29 is 13.9 Å². The molecule has 1 aromatic heterocycles. The second kappa shape index (κ2) is 8.61. The highest BCUT2D eigenvalue weighted by Crippen LogP contribution is 2.30. The number of nitrogens with one attached hydrogen (secondary N) is 1. The van der Waals surface area contributed by atoms with E-state index in [0.29, 0.717) is 17.3 Å².